The molecule has 3 saturated carbocycles. The normalized spacial score (nSPS) is 50.6. The number of rotatable bonds is 2. The molecule has 0 amide bonds. The molecule has 9 rings (SSSR count). The minimum absolute atomic E-state index is 0.0208. The fourth-order valence-electron chi connectivity index (χ4n) is 10.5. The molecule has 4 aliphatic carbocycles. The second-order valence-electron chi connectivity index (χ2n) is 14.2. The topological polar surface area (TPSA) is 106 Å². The van der Waals surface area contributed by atoms with Crippen molar-refractivity contribution < 1.29 is 25.2 Å². The van der Waals surface area contributed by atoms with E-state index in [1.54, 1.807) is 6.20 Å². The van der Waals surface area contributed by atoms with E-state index in [1.165, 1.54) is 11.1 Å². The Morgan fingerprint density at radius 3 is 2.67 bits per heavy atom. The van der Waals surface area contributed by atoms with Gasteiger partial charge in [0.2, 0.25) is 0 Å². The van der Waals surface area contributed by atoms with Gasteiger partial charge in [0.05, 0.1) is 29.5 Å². The van der Waals surface area contributed by atoms with Crippen molar-refractivity contribution in [2.45, 2.75) is 86.6 Å². The maximum atomic E-state index is 12.5. The standard InChI is InChI=1S/C33H38N2O5/c1-30-6-4-20-11-24-22-12-23(22)25(35-16-26(36)27(37)17-35)14-31(24)7-8-32(20,40-31)28(30)13-29(38)33(30,39)21-3-2-18-5-9-34-15-19(18)10-21/h2-5,9-11,15,22-23,25-29,36-39H,6-8,12-14,16-17H2,1H3/t22-,23?,25-,26-,27-,28+,29+,30-,31+,32?,33+/m0/s1. The van der Waals surface area contributed by atoms with Crippen molar-refractivity contribution in [1.29, 1.82) is 0 Å². The Morgan fingerprint density at radius 1 is 1.02 bits per heavy atom. The molecule has 40 heavy (non-hydrogen) atoms. The lowest BCUT2D eigenvalue weighted by Gasteiger charge is -2.56. The van der Waals surface area contributed by atoms with E-state index in [9.17, 15) is 20.4 Å². The third-order valence-corrected chi connectivity index (χ3v) is 12.6. The summed E-state index contributed by atoms with van der Waals surface area (Å²) in [6.07, 6.45) is 11.2. The average Bonchev–Trinajstić information content (AvgIpc) is 3.54. The van der Waals surface area contributed by atoms with E-state index in [2.05, 4.69) is 29.0 Å². The molecule has 2 spiro atoms. The van der Waals surface area contributed by atoms with Gasteiger partial charge in [-0.05, 0) is 84.6 Å². The molecular weight excluding hydrogens is 504 g/mol. The maximum absolute atomic E-state index is 12.5. The number of hydrogen-bond donors (Lipinski definition) is 4. The van der Waals surface area contributed by atoms with Crippen LogP contribution in [0.3, 0.4) is 0 Å². The minimum Gasteiger partial charge on any atom is -0.390 e. The van der Waals surface area contributed by atoms with Gasteiger partial charge < -0.3 is 25.2 Å². The van der Waals surface area contributed by atoms with Gasteiger partial charge in [0.1, 0.15) is 5.60 Å². The van der Waals surface area contributed by atoms with Crippen molar-refractivity contribution in [3.63, 3.8) is 0 Å². The summed E-state index contributed by atoms with van der Waals surface area (Å²) in [6.45, 7) is 3.22. The SMILES string of the molecule is C[C@]12CC=C3C=C4[C@H]5CC5[C@@H](N5C[C@H](O)[C@@H](O)C5)C[C@]45CCC3(O5)[C@@H]1C[C@@H](O)[C@]2(O)c1ccc2ccncc2c1. The number of aromatic nitrogens is 1. The van der Waals surface area contributed by atoms with Crippen molar-refractivity contribution in [3.05, 3.63) is 65.5 Å². The number of hydrogen-bond acceptors (Lipinski definition) is 7. The Labute approximate surface area is 234 Å². The van der Waals surface area contributed by atoms with E-state index in [1.807, 2.05) is 30.5 Å². The molecule has 7 heteroatoms. The lowest BCUT2D eigenvalue weighted by Crippen LogP contribution is -2.58. The molecule has 11 atom stereocenters. The first-order valence-electron chi connectivity index (χ1n) is 15.2. The van der Waals surface area contributed by atoms with Gasteiger partial charge in [0, 0.05) is 48.2 Å². The lowest BCUT2D eigenvalue weighted by molar-refractivity contribution is -0.176. The zero-order valence-electron chi connectivity index (χ0n) is 22.9. The highest BCUT2D eigenvalue weighted by atomic mass is 16.5. The number of ether oxygens (including phenoxy) is 1. The van der Waals surface area contributed by atoms with E-state index in [4.69, 9.17) is 4.74 Å². The van der Waals surface area contributed by atoms with Crippen LogP contribution in [-0.2, 0) is 10.3 Å². The summed E-state index contributed by atoms with van der Waals surface area (Å²) in [5.41, 5.74) is 0.611. The predicted molar refractivity (Wildman–Crippen MR) is 148 cm³/mol. The molecule has 210 valence electrons. The number of benzene rings is 1. The van der Waals surface area contributed by atoms with Crippen molar-refractivity contribution in [2.75, 3.05) is 13.1 Å². The van der Waals surface area contributed by atoms with Gasteiger partial charge in [0.15, 0.2) is 0 Å². The summed E-state index contributed by atoms with van der Waals surface area (Å²) in [6, 6.07) is 8.28. The van der Waals surface area contributed by atoms with E-state index in [0.717, 1.165) is 42.0 Å². The predicted octanol–water partition coefficient (Wildman–Crippen LogP) is 2.81. The molecule has 2 aromatic rings. The van der Waals surface area contributed by atoms with Crippen molar-refractivity contribution in [3.8, 4) is 0 Å². The van der Waals surface area contributed by atoms with Crippen molar-refractivity contribution >= 4 is 10.8 Å². The zero-order valence-corrected chi connectivity index (χ0v) is 22.9. The molecule has 2 bridgehead atoms. The van der Waals surface area contributed by atoms with Crippen LogP contribution in [0.2, 0.25) is 0 Å². The molecule has 4 heterocycles. The summed E-state index contributed by atoms with van der Waals surface area (Å²) in [4.78, 5) is 6.59. The highest BCUT2D eigenvalue weighted by Gasteiger charge is 2.74. The number of nitrogens with zero attached hydrogens (tertiary/aromatic N) is 2. The second-order valence-corrected chi connectivity index (χ2v) is 14.2. The molecule has 2 unspecified atom stereocenters. The van der Waals surface area contributed by atoms with Gasteiger partial charge in [-0.1, -0.05) is 31.2 Å². The lowest BCUT2D eigenvalue weighted by atomic mass is 9.56. The number of β-amino-alcohol motifs (C(OH)–C–C–N with tert-alkyl or cyclic N) is 2. The van der Waals surface area contributed by atoms with Crippen LogP contribution in [-0.4, -0.2) is 79.0 Å². The molecule has 3 aliphatic heterocycles. The maximum Gasteiger partial charge on any atom is 0.121 e. The van der Waals surface area contributed by atoms with Crippen LogP contribution in [0.5, 0.6) is 0 Å². The molecule has 4 N–H and O–H groups in total. The summed E-state index contributed by atoms with van der Waals surface area (Å²) in [7, 11) is 0. The molecule has 7 nitrogen and oxygen atoms in total. The molecule has 7 aliphatic rings. The molecule has 5 fully saturated rings. The Hall–Kier alpha value is -2.13. The number of aliphatic hydroxyl groups is 4. The Morgan fingerprint density at radius 2 is 1.85 bits per heavy atom. The first kappa shape index (κ1) is 24.5. The van der Waals surface area contributed by atoms with Gasteiger partial charge in [0.25, 0.3) is 0 Å². The fraction of sp³-hybridized carbons (Fsp3) is 0.606. The minimum atomic E-state index is -1.40. The molecule has 1 aromatic carbocycles. The third kappa shape index (κ3) is 2.80. The van der Waals surface area contributed by atoms with Crippen LogP contribution < -0.4 is 0 Å². The third-order valence-electron chi connectivity index (χ3n) is 12.6. The van der Waals surface area contributed by atoms with E-state index < -0.39 is 34.9 Å². The quantitative estimate of drug-likeness (QED) is 0.463. The van der Waals surface area contributed by atoms with Crippen molar-refractivity contribution in [2.24, 2.45) is 23.2 Å². The van der Waals surface area contributed by atoms with Crippen LogP contribution >= 0.6 is 0 Å². The van der Waals surface area contributed by atoms with Crippen LogP contribution in [0, 0.1) is 23.2 Å². The number of fused-ring (bicyclic) bond motifs is 4. The highest BCUT2D eigenvalue weighted by molar-refractivity contribution is 5.82. The number of pyridine rings is 1. The smallest absolute Gasteiger partial charge is 0.121 e. The molecular formula is C33H38N2O5. The van der Waals surface area contributed by atoms with Gasteiger partial charge in [-0.25, -0.2) is 0 Å². The number of likely N-dealkylation sites (tertiary alicyclic amines) is 1. The Kier molecular flexibility index (Phi) is 4.66. The van der Waals surface area contributed by atoms with Crippen LogP contribution in [0.4, 0.5) is 0 Å². The molecule has 2 saturated heterocycles. The van der Waals surface area contributed by atoms with E-state index in [-0.39, 0.29) is 11.5 Å². The summed E-state index contributed by atoms with van der Waals surface area (Å²) in [5.74, 6) is 1.06. The summed E-state index contributed by atoms with van der Waals surface area (Å²) < 4.78 is 7.43. The Bertz CT molecular complexity index is 1500. The fourth-order valence-corrected chi connectivity index (χ4v) is 10.5. The first-order chi connectivity index (χ1) is 19.2. The van der Waals surface area contributed by atoms with Gasteiger partial charge >= 0.3 is 0 Å². The average molecular weight is 543 g/mol. The number of aliphatic hydroxyl groups excluding tert-OH is 3. The zero-order chi connectivity index (χ0) is 27.2. The summed E-state index contributed by atoms with van der Waals surface area (Å²) >= 11 is 0. The summed E-state index contributed by atoms with van der Waals surface area (Å²) in [5, 5.41) is 46.8. The van der Waals surface area contributed by atoms with E-state index >= 15 is 0 Å². The van der Waals surface area contributed by atoms with Crippen LogP contribution in [0.15, 0.2) is 60.0 Å². The van der Waals surface area contributed by atoms with Crippen molar-refractivity contribution in [1.82, 2.24) is 9.88 Å². The Balaban J connectivity index is 1.11. The second kappa shape index (κ2) is 7.63. The van der Waals surface area contributed by atoms with E-state index in [0.29, 0.717) is 43.8 Å². The van der Waals surface area contributed by atoms with Crippen LogP contribution in [0.25, 0.3) is 10.8 Å². The first-order valence-corrected chi connectivity index (χ1v) is 15.2. The highest BCUT2D eigenvalue weighted by Crippen LogP contribution is 2.73. The van der Waals surface area contributed by atoms with Gasteiger partial charge in [-0.2, -0.15) is 0 Å². The van der Waals surface area contributed by atoms with Gasteiger partial charge in [-0.3, -0.25) is 9.88 Å². The largest absolute Gasteiger partial charge is 0.390 e. The van der Waals surface area contributed by atoms with Gasteiger partial charge in [-0.15, -0.1) is 0 Å². The monoisotopic (exact) mass is 542 g/mol. The molecule has 0 radical (unpaired) electrons. The number of allylic oxidation sites excluding steroid dienone is 1. The van der Waals surface area contributed by atoms with Crippen LogP contribution in [0.1, 0.15) is 51.0 Å². The molecule has 1 aromatic heterocycles.